The highest BCUT2D eigenvalue weighted by Crippen LogP contribution is 2.33. The van der Waals surface area contributed by atoms with Crippen molar-refractivity contribution in [3.63, 3.8) is 0 Å². The Labute approximate surface area is 207 Å². The van der Waals surface area contributed by atoms with Crippen LogP contribution in [0.2, 0.25) is 0 Å². The van der Waals surface area contributed by atoms with E-state index in [9.17, 15) is 31.1 Å². The van der Waals surface area contributed by atoms with Crippen LogP contribution in [-0.2, 0) is 35.7 Å². The fraction of sp³-hybridized carbons (Fsp3) is 0.308. The molecule has 10 heteroatoms. The Kier molecular flexibility index (Phi) is 9.10. The fourth-order valence-electron chi connectivity index (χ4n) is 3.80. The summed E-state index contributed by atoms with van der Waals surface area (Å²) in [5, 5.41) is 9.37. The molecule has 5 nitrogen and oxygen atoms in total. The summed E-state index contributed by atoms with van der Waals surface area (Å²) in [4.78, 5) is 1.81. The third-order valence-electron chi connectivity index (χ3n) is 5.52. The third kappa shape index (κ3) is 7.52. The topological polar surface area (TPSA) is 66.8 Å². The van der Waals surface area contributed by atoms with E-state index in [1.165, 1.54) is 24.3 Å². The molecule has 3 aromatic rings. The minimum Gasteiger partial charge on any atom is -0.494 e. The van der Waals surface area contributed by atoms with E-state index in [-0.39, 0.29) is 29.2 Å². The maximum Gasteiger partial charge on any atom is 0.419 e. The van der Waals surface area contributed by atoms with Gasteiger partial charge in [0, 0.05) is 31.5 Å². The van der Waals surface area contributed by atoms with Crippen LogP contribution in [0.3, 0.4) is 0 Å². The average molecular weight is 526 g/mol. The van der Waals surface area contributed by atoms with Gasteiger partial charge in [-0.3, -0.25) is 4.90 Å². The van der Waals surface area contributed by atoms with Crippen molar-refractivity contribution in [2.45, 2.75) is 37.2 Å². The molecule has 0 spiro atoms. The van der Waals surface area contributed by atoms with Crippen LogP contribution in [0.5, 0.6) is 5.75 Å². The molecule has 194 valence electrons. The fourth-order valence-corrected chi connectivity index (χ4v) is 4.74. The van der Waals surface area contributed by atoms with E-state index < -0.39 is 34.0 Å². The van der Waals surface area contributed by atoms with Crippen LogP contribution in [0.25, 0.3) is 0 Å². The van der Waals surface area contributed by atoms with Gasteiger partial charge in [-0.15, -0.1) is 0 Å². The number of sulfone groups is 1. The Hall–Kier alpha value is -2.95. The van der Waals surface area contributed by atoms with Gasteiger partial charge in [0.2, 0.25) is 0 Å². The molecular weight excluding hydrogens is 498 g/mol. The number of nitrogens with zero attached hydrogens (tertiary/aromatic N) is 1. The molecule has 0 bridgehead atoms. The van der Waals surface area contributed by atoms with Gasteiger partial charge in [0.1, 0.15) is 11.6 Å². The van der Waals surface area contributed by atoms with Crippen LogP contribution >= 0.6 is 0 Å². The second-order valence-electron chi connectivity index (χ2n) is 8.37. The minimum absolute atomic E-state index is 0.0202. The highest BCUT2D eigenvalue weighted by atomic mass is 32.2. The van der Waals surface area contributed by atoms with Crippen LogP contribution in [0, 0.1) is 5.82 Å². The maximum atomic E-state index is 14.6. The van der Waals surface area contributed by atoms with Gasteiger partial charge in [0.05, 0.1) is 23.7 Å². The van der Waals surface area contributed by atoms with Crippen LogP contribution in [-0.4, -0.2) is 37.8 Å². The minimum atomic E-state index is -4.78. The number of aliphatic hydroxyl groups excluding tert-OH is 1. The lowest BCUT2D eigenvalue weighted by molar-refractivity contribution is -0.140. The van der Waals surface area contributed by atoms with Gasteiger partial charge in [0.25, 0.3) is 0 Å². The molecule has 0 heterocycles. The van der Waals surface area contributed by atoms with Gasteiger partial charge >= 0.3 is 6.18 Å². The largest absolute Gasteiger partial charge is 0.494 e. The average Bonchev–Trinajstić information content (AvgIpc) is 2.82. The molecule has 0 aromatic heterocycles. The zero-order chi connectivity index (χ0) is 26.3. The second kappa shape index (κ2) is 11.9. The Bertz CT molecular complexity index is 1260. The first-order valence-electron chi connectivity index (χ1n) is 11.2. The molecule has 0 fully saturated rings. The van der Waals surface area contributed by atoms with Crippen molar-refractivity contribution >= 4 is 9.84 Å². The van der Waals surface area contributed by atoms with Crippen molar-refractivity contribution in [2.24, 2.45) is 0 Å². The molecule has 0 aliphatic carbocycles. The van der Waals surface area contributed by atoms with Gasteiger partial charge in [-0.05, 0) is 35.7 Å². The molecule has 0 atom stereocenters. The van der Waals surface area contributed by atoms with Crippen molar-refractivity contribution in [1.29, 1.82) is 0 Å². The summed E-state index contributed by atoms with van der Waals surface area (Å²) in [6.45, 7) is 0.507. The molecule has 3 aromatic carbocycles. The standard InChI is InChI=1S/C26H27F4NO4S/c1-36(33,34)24-15-22(12-11-21(24)18-32)35-14-6-13-31(16-19-7-3-2-4-8-19)17-20-9-5-10-23(25(20)27)26(28,29)30/h2-5,7-12,15,32H,6,13-14,16-18H2,1H3. The smallest absolute Gasteiger partial charge is 0.419 e. The summed E-state index contributed by atoms with van der Waals surface area (Å²) in [5.74, 6) is -0.970. The molecule has 0 aliphatic heterocycles. The first-order chi connectivity index (χ1) is 17.0. The lowest BCUT2D eigenvalue weighted by Crippen LogP contribution is -2.26. The Morgan fingerprint density at radius 2 is 1.67 bits per heavy atom. The molecule has 0 unspecified atom stereocenters. The molecule has 0 radical (unpaired) electrons. The maximum absolute atomic E-state index is 14.6. The van der Waals surface area contributed by atoms with Crippen molar-refractivity contribution in [2.75, 3.05) is 19.4 Å². The second-order valence-corrected chi connectivity index (χ2v) is 10.4. The van der Waals surface area contributed by atoms with Gasteiger partial charge in [0.15, 0.2) is 9.84 Å². The summed E-state index contributed by atoms with van der Waals surface area (Å²) in [5.41, 5.74) is -0.166. The van der Waals surface area contributed by atoms with Gasteiger partial charge in [-0.1, -0.05) is 48.5 Å². The van der Waals surface area contributed by atoms with E-state index in [4.69, 9.17) is 4.74 Å². The van der Waals surface area contributed by atoms with Crippen LogP contribution in [0.1, 0.15) is 28.7 Å². The Balaban J connectivity index is 1.70. The monoisotopic (exact) mass is 525 g/mol. The van der Waals surface area contributed by atoms with E-state index in [0.29, 0.717) is 25.3 Å². The van der Waals surface area contributed by atoms with Crippen LogP contribution in [0.15, 0.2) is 71.6 Å². The SMILES string of the molecule is CS(=O)(=O)c1cc(OCCCN(Cc2ccccc2)Cc2cccc(C(F)(F)F)c2F)ccc1CO. The summed E-state index contributed by atoms with van der Waals surface area (Å²) in [7, 11) is -3.56. The van der Waals surface area contributed by atoms with Crippen molar-refractivity contribution in [1.82, 2.24) is 4.90 Å². The lowest BCUT2D eigenvalue weighted by Gasteiger charge is -2.23. The quantitative estimate of drug-likeness (QED) is 0.275. The highest BCUT2D eigenvalue weighted by molar-refractivity contribution is 7.90. The molecule has 0 aliphatic rings. The molecule has 1 N–H and O–H groups in total. The third-order valence-corrected chi connectivity index (χ3v) is 6.70. The normalized spacial score (nSPS) is 12.2. The van der Waals surface area contributed by atoms with E-state index in [2.05, 4.69) is 0 Å². The highest BCUT2D eigenvalue weighted by Gasteiger charge is 2.34. The zero-order valence-electron chi connectivity index (χ0n) is 19.6. The van der Waals surface area contributed by atoms with E-state index >= 15 is 0 Å². The lowest BCUT2D eigenvalue weighted by atomic mass is 10.1. The number of halogens is 4. The van der Waals surface area contributed by atoms with Crippen molar-refractivity contribution in [3.05, 3.63) is 94.8 Å². The molecule has 0 amide bonds. The van der Waals surface area contributed by atoms with Crippen molar-refractivity contribution in [3.8, 4) is 5.75 Å². The van der Waals surface area contributed by atoms with Gasteiger partial charge in [-0.25, -0.2) is 12.8 Å². The number of hydrogen-bond acceptors (Lipinski definition) is 5. The van der Waals surface area contributed by atoms with E-state index in [1.54, 1.807) is 6.07 Å². The molecular formula is C26H27F4NO4S. The zero-order valence-corrected chi connectivity index (χ0v) is 20.4. The molecule has 36 heavy (non-hydrogen) atoms. The van der Waals surface area contributed by atoms with E-state index in [1.807, 2.05) is 35.2 Å². The number of alkyl halides is 3. The van der Waals surface area contributed by atoms with Gasteiger partial charge in [-0.2, -0.15) is 13.2 Å². The van der Waals surface area contributed by atoms with Crippen molar-refractivity contribution < 1.29 is 35.8 Å². The van der Waals surface area contributed by atoms with Crippen LogP contribution in [0.4, 0.5) is 17.6 Å². The predicted octanol–water partition coefficient (Wildman–Crippen LogP) is 5.21. The first kappa shape index (κ1) is 27.6. The Morgan fingerprint density at radius 1 is 0.944 bits per heavy atom. The number of rotatable bonds is 11. The summed E-state index contributed by atoms with van der Waals surface area (Å²) < 4.78 is 83.7. The summed E-state index contributed by atoms with van der Waals surface area (Å²) >= 11 is 0. The van der Waals surface area contributed by atoms with Crippen LogP contribution < -0.4 is 4.74 Å². The first-order valence-corrected chi connectivity index (χ1v) is 13.1. The number of hydrogen-bond donors (Lipinski definition) is 1. The summed E-state index contributed by atoms with van der Waals surface area (Å²) in [6, 6.07) is 16.9. The summed E-state index contributed by atoms with van der Waals surface area (Å²) in [6.07, 6.45) is -3.29. The number of ether oxygens (including phenoxy) is 1. The number of benzene rings is 3. The predicted molar refractivity (Wildman–Crippen MR) is 128 cm³/mol. The molecule has 3 rings (SSSR count). The Morgan fingerprint density at radius 3 is 2.31 bits per heavy atom. The molecule has 0 saturated carbocycles. The molecule has 0 saturated heterocycles. The van der Waals surface area contributed by atoms with Gasteiger partial charge < -0.3 is 9.84 Å². The van der Waals surface area contributed by atoms with E-state index in [0.717, 1.165) is 17.9 Å². The number of aliphatic hydroxyl groups is 1.